The number of carbonyl (C=O) groups is 2. The van der Waals surface area contributed by atoms with Crippen molar-refractivity contribution in [3.05, 3.63) is 63.6 Å². The van der Waals surface area contributed by atoms with E-state index in [-0.39, 0.29) is 36.0 Å². The lowest BCUT2D eigenvalue weighted by atomic mass is 9.54. The van der Waals surface area contributed by atoms with Gasteiger partial charge in [0.2, 0.25) is 5.91 Å². The van der Waals surface area contributed by atoms with Crippen LogP contribution in [-0.2, 0) is 26.2 Å². The van der Waals surface area contributed by atoms with Crippen LogP contribution in [-0.4, -0.2) is 64.6 Å². The lowest BCUT2D eigenvalue weighted by Gasteiger charge is -2.60. The molecule has 1 aliphatic heterocycles. The summed E-state index contributed by atoms with van der Waals surface area (Å²) < 4.78 is 6.41. The molecule has 6 nitrogen and oxygen atoms in total. The van der Waals surface area contributed by atoms with E-state index in [1.807, 2.05) is 23.1 Å². The Kier molecular flexibility index (Phi) is 8.94. The van der Waals surface area contributed by atoms with Crippen LogP contribution in [0.4, 0.5) is 0 Å². The number of phenolic OH excluding ortho intramolecular Hbond substituents is 1. The van der Waals surface area contributed by atoms with Gasteiger partial charge in [-0.2, -0.15) is 0 Å². The number of hydrogen-bond acceptors (Lipinski definition) is 5. The molecule has 2 aromatic carbocycles. The van der Waals surface area contributed by atoms with E-state index in [1.54, 1.807) is 18.2 Å². The second-order valence-corrected chi connectivity index (χ2v) is 13.7. The summed E-state index contributed by atoms with van der Waals surface area (Å²) in [5.74, 6) is 0.987. The number of likely N-dealkylation sites (tertiary alicyclic amines) is 1. The number of hydrogen-bond donors (Lipinski definition) is 1. The molecular formula is C33H42Cl2N2O4. The van der Waals surface area contributed by atoms with E-state index in [0.717, 1.165) is 43.0 Å². The summed E-state index contributed by atoms with van der Waals surface area (Å²) in [6.07, 6.45) is 5.63. The number of benzene rings is 2. The van der Waals surface area contributed by atoms with Crippen LogP contribution in [0, 0.1) is 11.8 Å². The van der Waals surface area contributed by atoms with Crippen molar-refractivity contribution in [2.24, 2.45) is 11.8 Å². The van der Waals surface area contributed by atoms with Crippen LogP contribution in [0.1, 0.15) is 70.4 Å². The van der Waals surface area contributed by atoms with Crippen molar-refractivity contribution in [1.82, 2.24) is 9.80 Å². The Labute approximate surface area is 253 Å². The monoisotopic (exact) mass is 600 g/mol. The van der Waals surface area contributed by atoms with Gasteiger partial charge in [0.15, 0.2) is 0 Å². The first kappa shape index (κ1) is 30.2. The van der Waals surface area contributed by atoms with Crippen LogP contribution in [0.2, 0.25) is 10.0 Å². The van der Waals surface area contributed by atoms with Crippen molar-refractivity contribution in [3.63, 3.8) is 0 Å². The highest BCUT2D eigenvalue weighted by atomic mass is 35.5. The van der Waals surface area contributed by atoms with Gasteiger partial charge in [0.1, 0.15) is 11.4 Å². The minimum absolute atomic E-state index is 0.0336. The van der Waals surface area contributed by atoms with Crippen LogP contribution in [0.3, 0.4) is 0 Å². The Balaban J connectivity index is 1.51. The molecule has 0 spiro atoms. The molecule has 2 saturated carbocycles. The van der Waals surface area contributed by atoms with Crippen molar-refractivity contribution in [2.75, 3.05) is 26.2 Å². The van der Waals surface area contributed by atoms with E-state index in [2.05, 4.69) is 24.8 Å². The standard InChI is InChI=1S/C33H42Cl2N2O4/c1-22(2)19-37(31(40)16-25-9-10-29(34)30(35)15-25)27-11-12-33(41-23(3)38)21-36(20-24-7-8-24)14-13-32(33,18-27)26-5-4-6-28(39)17-26/h4-6,9-10,15,17,22,24,27,39H,7-8,11-14,16,18-21H2,1-3H3/t27-,32-,33-/m0/s1. The molecular weight excluding hydrogens is 559 g/mol. The SMILES string of the molecule is CC(=O)O[C@]12CC[C@H](N(CC(C)C)C(=O)Cc3ccc(Cl)c(Cl)c3)C[C@]1(c1cccc(O)c1)CCN(CC1CC1)C2. The van der Waals surface area contributed by atoms with E-state index in [0.29, 0.717) is 36.0 Å². The normalized spacial score (nSPS) is 26.4. The molecule has 8 heteroatoms. The predicted octanol–water partition coefficient (Wildman–Crippen LogP) is 6.63. The van der Waals surface area contributed by atoms with Gasteiger partial charge < -0.3 is 14.7 Å². The van der Waals surface area contributed by atoms with Gasteiger partial charge in [-0.25, -0.2) is 0 Å². The summed E-state index contributed by atoms with van der Waals surface area (Å²) in [4.78, 5) is 31.2. The molecule has 0 bridgehead atoms. The summed E-state index contributed by atoms with van der Waals surface area (Å²) in [5.41, 5.74) is 0.557. The third-order valence-electron chi connectivity index (χ3n) is 9.28. The maximum Gasteiger partial charge on any atom is 0.303 e. The number of fused-ring (bicyclic) bond motifs is 1. The molecule has 0 aromatic heterocycles. The van der Waals surface area contributed by atoms with Gasteiger partial charge in [0.25, 0.3) is 0 Å². The number of phenols is 1. The van der Waals surface area contributed by atoms with Gasteiger partial charge >= 0.3 is 5.97 Å². The smallest absolute Gasteiger partial charge is 0.303 e. The highest BCUT2D eigenvalue weighted by Gasteiger charge is 2.61. The first-order valence-electron chi connectivity index (χ1n) is 14.9. The number of carbonyl (C=O) groups excluding carboxylic acids is 2. The Morgan fingerprint density at radius 3 is 2.54 bits per heavy atom. The van der Waals surface area contributed by atoms with Crippen molar-refractivity contribution < 1.29 is 19.4 Å². The molecule has 3 fully saturated rings. The fraction of sp³-hybridized carbons (Fsp3) is 0.576. The predicted molar refractivity (Wildman–Crippen MR) is 162 cm³/mol. The van der Waals surface area contributed by atoms with Gasteiger partial charge in [-0.05, 0) is 92.3 Å². The minimum atomic E-state index is -0.730. The fourth-order valence-electron chi connectivity index (χ4n) is 7.32. The number of nitrogens with zero attached hydrogens (tertiary/aromatic N) is 2. The zero-order chi connectivity index (χ0) is 29.4. The number of amides is 1. The van der Waals surface area contributed by atoms with E-state index < -0.39 is 11.0 Å². The molecule has 1 saturated heterocycles. The molecule has 5 rings (SSSR count). The van der Waals surface area contributed by atoms with E-state index in [1.165, 1.54) is 19.8 Å². The van der Waals surface area contributed by atoms with Gasteiger partial charge in [0, 0.05) is 38.0 Å². The van der Waals surface area contributed by atoms with Crippen molar-refractivity contribution >= 4 is 35.1 Å². The molecule has 0 radical (unpaired) electrons. The van der Waals surface area contributed by atoms with Crippen molar-refractivity contribution in [2.45, 2.75) is 82.8 Å². The Hall–Kier alpha value is -2.28. The summed E-state index contributed by atoms with van der Waals surface area (Å²) >= 11 is 12.4. The lowest BCUT2D eigenvalue weighted by Crippen LogP contribution is -2.69. The zero-order valence-electron chi connectivity index (χ0n) is 24.4. The second kappa shape index (κ2) is 12.1. The molecule has 2 aromatic rings. The molecule has 1 amide bonds. The molecule has 222 valence electrons. The minimum Gasteiger partial charge on any atom is -0.508 e. The topological polar surface area (TPSA) is 70.1 Å². The average molecular weight is 602 g/mol. The van der Waals surface area contributed by atoms with E-state index in [9.17, 15) is 14.7 Å². The van der Waals surface area contributed by atoms with Crippen LogP contribution in [0.25, 0.3) is 0 Å². The molecule has 3 aliphatic rings. The highest BCUT2D eigenvalue weighted by Crippen LogP contribution is 2.55. The third-order valence-corrected chi connectivity index (χ3v) is 10.0. The van der Waals surface area contributed by atoms with Crippen molar-refractivity contribution in [3.8, 4) is 5.75 Å². The molecule has 3 atom stereocenters. The van der Waals surface area contributed by atoms with Gasteiger partial charge in [-0.3, -0.25) is 14.5 Å². The number of piperidine rings is 1. The highest BCUT2D eigenvalue weighted by molar-refractivity contribution is 6.42. The summed E-state index contributed by atoms with van der Waals surface area (Å²) in [6, 6.07) is 12.8. The number of ether oxygens (including phenoxy) is 1. The molecule has 1 N–H and O–H groups in total. The number of rotatable bonds is 9. The molecule has 41 heavy (non-hydrogen) atoms. The first-order valence-corrected chi connectivity index (χ1v) is 15.7. The average Bonchev–Trinajstić information content (AvgIpc) is 3.72. The Morgan fingerprint density at radius 2 is 1.88 bits per heavy atom. The number of aromatic hydroxyl groups is 1. The summed E-state index contributed by atoms with van der Waals surface area (Å²) in [6.45, 7) is 8.99. The third kappa shape index (κ3) is 6.55. The van der Waals surface area contributed by atoms with Gasteiger partial charge in [0.05, 0.1) is 16.5 Å². The quantitative estimate of drug-likeness (QED) is 0.327. The Morgan fingerprint density at radius 1 is 1.10 bits per heavy atom. The largest absolute Gasteiger partial charge is 0.508 e. The zero-order valence-corrected chi connectivity index (χ0v) is 25.9. The van der Waals surface area contributed by atoms with Gasteiger partial charge in [-0.15, -0.1) is 0 Å². The lowest BCUT2D eigenvalue weighted by molar-refractivity contribution is -0.190. The molecule has 0 unspecified atom stereocenters. The van der Waals surface area contributed by atoms with Gasteiger partial charge in [-0.1, -0.05) is 55.2 Å². The van der Waals surface area contributed by atoms with E-state index >= 15 is 0 Å². The molecule has 2 aliphatic carbocycles. The number of esters is 1. The summed E-state index contributed by atoms with van der Waals surface area (Å²) in [7, 11) is 0. The van der Waals surface area contributed by atoms with E-state index in [4.69, 9.17) is 27.9 Å². The van der Waals surface area contributed by atoms with Crippen LogP contribution in [0.15, 0.2) is 42.5 Å². The van der Waals surface area contributed by atoms with Crippen LogP contribution >= 0.6 is 23.2 Å². The second-order valence-electron chi connectivity index (χ2n) is 12.9. The first-order chi connectivity index (χ1) is 19.5. The summed E-state index contributed by atoms with van der Waals surface area (Å²) in [5, 5.41) is 11.5. The van der Waals surface area contributed by atoms with Crippen LogP contribution in [0.5, 0.6) is 5.75 Å². The number of halogens is 2. The molecule has 1 heterocycles. The maximum atomic E-state index is 14.0. The maximum absolute atomic E-state index is 14.0. The van der Waals surface area contributed by atoms with Crippen LogP contribution < -0.4 is 0 Å². The Bertz CT molecular complexity index is 1280. The fourth-order valence-corrected chi connectivity index (χ4v) is 7.65. The van der Waals surface area contributed by atoms with Crippen molar-refractivity contribution in [1.29, 1.82) is 0 Å².